The van der Waals surface area contributed by atoms with Crippen molar-refractivity contribution in [3.05, 3.63) is 28.8 Å². The molecule has 0 aromatic heterocycles. The summed E-state index contributed by atoms with van der Waals surface area (Å²) in [5.41, 5.74) is 3.97. The molecule has 2 heterocycles. The summed E-state index contributed by atoms with van der Waals surface area (Å²) < 4.78 is 11.5. The number of hydrogen-bond donors (Lipinski definition) is 0. The van der Waals surface area contributed by atoms with Crippen molar-refractivity contribution in [1.82, 2.24) is 0 Å². The van der Waals surface area contributed by atoms with Crippen LogP contribution >= 0.6 is 0 Å². The smallest absolute Gasteiger partial charge is 0.292 e. The van der Waals surface area contributed by atoms with E-state index in [1.807, 2.05) is 19.9 Å². The first-order valence-electron chi connectivity index (χ1n) is 6.24. The lowest BCUT2D eigenvalue weighted by molar-refractivity contribution is -0.256. The molecule has 2 aliphatic rings. The van der Waals surface area contributed by atoms with Crippen molar-refractivity contribution in [1.29, 1.82) is 0 Å². The Hall–Kier alpha value is -1.39. The highest BCUT2D eigenvalue weighted by Gasteiger charge is 2.54. The standard InChI is InChI=1S/C14H17NO3/c1-9-7-10(2)12-11(8-9)14(13(16)15(12)3)17-5-4-6-18-14/h7-8H,4-6H2,1-3H3. The van der Waals surface area contributed by atoms with Crippen LogP contribution in [-0.2, 0) is 20.1 Å². The molecule has 1 fully saturated rings. The van der Waals surface area contributed by atoms with Crippen molar-refractivity contribution in [3.8, 4) is 0 Å². The number of aryl methyl sites for hydroxylation is 2. The molecule has 0 aliphatic carbocycles. The van der Waals surface area contributed by atoms with Crippen LogP contribution in [-0.4, -0.2) is 26.2 Å². The van der Waals surface area contributed by atoms with Crippen LogP contribution in [0.2, 0.25) is 0 Å². The fourth-order valence-corrected chi connectivity index (χ4v) is 2.90. The summed E-state index contributed by atoms with van der Waals surface area (Å²) in [5, 5.41) is 0. The third-order valence-corrected chi connectivity index (χ3v) is 3.62. The Morgan fingerprint density at radius 1 is 1.22 bits per heavy atom. The number of likely N-dealkylation sites (N-methyl/N-ethyl adjacent to an activating group) is 1. The maximum atomic E-state index is 12.5. The van der Waals surface area contributed by atoms with Gasteiger partial charge in [-0.05, 0) is 31.9 Å². The fraction of sp³-hybridized carbons (Fsp3) is 0.500. The lowest BCUT2D eigenvalue weighted by Crippen LogP contribution is -2.46. The molecule has 0 N–H and O–H groups in total. The van der Waals surface area contributed by atoms with Crippen molar-refractivity contribution < 1.29 is 14.3 Å². The lowest BCUT2D eigenvalue weighted by Gasteiger charge is -2.32. The molecule has 1 amide bonds. The van der Waals surface area contributed by atoms with Crippen LogP contribution in [0.25, 0.3) is 0 Å². The molecule has 3 rings (SSSR count). The van der Waals surface area contributed by atoms with Crippen LogP contribution in [0, 0.1) is 13.8 Å². The Morgan fingerprint density at radius 3 is 2.56 bits per heavy atom. The normalized spacial score (nSPS) is 21.5. The summed E-state index contributed by atoms with van der Waals surface area (Å²) in [7, 11) is 1.78. The van der Waals surface area contributed by atoms with Crippen molar-refractivity contribution in [2.75, 3.05) is 25.2 Å². The summed E-state index contributed by atoms with van der Waals surface area (Å²) in [6, 6.07) is 4.07. The quantitative estimate of drug-likeness (QED) is 0.702. The van der Waals surface area contributed by atoms with Crippen molar-refractivity contribution in [2.24, 2.45) is 0 Å². The highest BCUT2D eigenvalue weighted by Crippen LogP contribution is 2.46. The Labute approximate surface area is 106 Å². The predicted molar refractivity (Wildman–Crippen MR) is 67.5 cm³/mol. The number of fused-ring (bicyclic) bond motifs is 2. The van der Waals surface area contributed by atoms with Crippen molar-refractivity contribution in [3.63, 3.8) is 0 Å². The van der Waals surface area contributed by atoms with E-state index < -0.39 is 5.79 Å². The maximum absolute atomic E-state index is 12.5. The molecule has 2 aliphatic heterocycles. The van der Waals surface area contributed by atoms with Gasteiger partial charge in [-0.2, -0.15) is 0 Å². The van der Waals surface area contributed by atoms with E-state index in [-0.39, 0.29) is 5.91 Å². The Balaban J connectivity index is 2.23. The highest BCUT2D eigenvalue weighted by atomic mass is 16.7. The van der Waals surface area contributed by atoms with Gasteiger partial charge < -0.3 is 14.4 Å². The molecule has 4 heteroatoms. The monoisotopic (exact) mass is 247 g/mol. The van der Waals surface area contributed by atoms with Gasteiger partial charge in [0.1, 0.15) is 0 Å². The molecular formula is C14H17NO3. The third kappa shape index (κ3) is 1.36. The molecule has 0 radical (unpaired) electrons. The van der Waals surface area contributed by atoms with E-state index in [1.54, 1.807) is 11.9 Å². The second-order valence-corrected chi connectivity index (χ2v) is 5.01. The van der Waals surface area contributed by atoms with E-state index in [9.17, 15) is 4.79 Å². The van der Waals surface area contributed by atoms with Gasteiger partial charge in [-0.1, -0.05) is 11.6 Å². The average molecular weight is 247 g/mol. The number of rotatable bonds is 0. The fourth-order valence-electron chi connectivity index (χ4n) is 2.90. The maximum Gasteiger partial charge on any atom is 0.292 e. The number of anilines is 1. The Kier molecular flexibility index (Phi) is 2.47. The molecule has 1 saturated heterocycles. The van der Waals surface area contributed by atoms with Crippen molar-refractivity contribution >= 4 is 11.6 Å². The molecule has 96 valence electrons. The van der Waals surface area contributed by atoms with Gasteiger partial charge in [0, 0.05) is 12.6 Å². The summed E-state index contributed by atoms with van der Waals surface area (Å²) in [5.74, 6) is -1.31. The number of hydrogen-bond acceptors (Lipinski definition) is 3. The molecule has 4 nitrogen and oxygen atoms in total. The molecule has 1 aromatic carbocycles. The molecule has 1 spiro atoms. The molecule has 1 aromatic rings. The lowest BCUT2D eigenvalue weighted by atomic mass is 10.00. The van der Waals surface area contributed by atoms with Gasteiger partial charge in [0.15, 0.2) is 0 Å². The average Bonchev–Trinajstić information content (AvgIpc) is 2.54. The number of amides is 1. The van der Waals surface area contributed by atoms with Crippen LogP contribution in [0.15, 0.2) is 12.1 Å². The molecule has 18 heavy (non-hydrogen) atoms. The zero-order valence-electron chi connectivity index (χ0n) is 10.9. The molecular weight excluding hydrogens is 230 g/mol. The van der Waals surface area contributed by atoms with E-state index in [1.165, 1.54) is 0 Å². The first kappa shape index (κ1) is 11.7. The summed E-state index contributed by atoms with van der Waals surface area (Å²) in [6.45, 7) is 5.15. The van der Waals surface area contributed by atoms with E-state index in [4.69, 9.17) is 9.47 Å². The molecule has 0 saturated carbocycles. The highest BCUT2D eigenvalue weighted by molar-refractivity contribution is 6.06. The van der Waals surface area contributed by atoms with E-state index in [0.29, 0.717) is 13.2 Å². The first-order valence-corrected chi connectivity index (χ1v) is 6.24. The SMILES string of the molecule is Cc1cc(C)c2c(c1)C1(OCCCO1)C(=O)N2C. The molecule has 0 bridgehead atoms. The Morgan fingerprint density at radius 2 is 1.89 bits per heavy atom. The summed E-state index contributed by atoms with van der Waals surface area (Å²) in [4.78, 5) is 14.1. The second kappa shape index (κ2) is 3.80. The number of carbonyl (C=O) groups is 1. The van der Waals surface area contributed by atoms with E-state index in [0.717, 1.165) is 28.8 Å². The summed E-state index contributed by atoms with van der Waals surface area (Å²) >= 11 is 0. The number of nitrogens with zero attached hydrogens (tertiary/aromatic N) is 1. The van der Waals surface area contributed by atoms with Crippen LogP contribution in [0.1, 0.15) is 23.1 Å². The minimum Gasteiger partial charge on any atom is -0.338 e. The number of benzene rings is 1. The van der Waals surface area contributed by atoms with Gasteiger partial charge in [0.05, 0.1) is 18.9 Å². The largest absolute Gasteiger partial charge is 0.338 e. The van der Waals surface area contributed by atoms with Crippen LogP contribution in [0.3, 0.4) is 0 Å². The zero-order valence-corrected chi connectivity index (χ0v) is 10.9. The molecule has 0 unspecified atom stereocenters. The topological polar surface area (TPSA) is 38.8 Å². The second-order valence-electron chi connectivity index (χ2n) is 5.01. The van der Waals surface area contributed by atoms with E-state index in [2.05, 4.69) is 6.07 Å². The third-order valence-electron chi connectivity index (χ3n) is 3.62. The van der Waals surface area contributed by atoms with Crippen molar-refractivity contribution in [2.45, 2.75) is 26.1 Å². The van der Waals surface area contributed by atoms with Gasteiger partial charge in [-0.15, -0.1) is 0 Å². The summed E-state index contributed by atoms with van der Waals surface area (Å²) in [6.07, 6.45) is 0.832. The number of carbonyl (C=O) groups excluding carboxylic acids is 1. The van der Waals surface area contributed by atoms with Gasteiger partial charge >= 0.3 is 0 Å². The van der Waals surface area contributed by atoms with Crippen LogP contribution in [0.5, 0.6) is 0 Å². The van der Waals surface area contributed by atoms with Crippen LogP contribution in [0.4, 0.5) is 5.69 Å². The molecule has 0 atom stereocenters. The van der Waals surface area contributed by atoms with Gasteiger partial charge in [-0.25, -0.2) is 0 Å². The van der Waals surface area contributed by atoms with Crippen LogP contribution < -0.4 is 4.90 Å². The predicted octanol–water partition coefficient (Wildman–Crippen LogP) is 1.87. The Bertz CT molecular complexity index is 518. The minimum atomic E-state index is -1.20. The van der Waals surface area contributed by atoms with Gasteiger partial charge in [0.2, 0.25) is 0 Å². The number of ether oxygens (including phenoxy) is 2. The minimum absolute atomic E-state index is 0.120. The first-order chi connectivity index (χ1) is 8.56. The van der Waals surface area contributed by atoms with Gasteiger partial charge in [0.25, 0.3) is 11.7 Å². The van der Waals surface area contributed by atoms with Gasteiger partial charge in [-0.3, -0.25) is 4.79 Å². The zero-order chi connectivity index (χ0) is 12.9. The van der Waals surface area contributed by atoms with E-state index >= 15 is 0 Å².